The molecule has 1 aliphatic heterocycles. The van der Waals surface area contributed by atoms with Crippen molar-refractivity contribution in [3.05, 3.63) is 53.6 Å². The van der Waals surface area contributed by atoms with Crippen LogP contribution in [0.25, 0.3) is 0 Å². The molecular weight excluding hydrogens is 396 g/mol. The molecule has 8 nitrogen and oxygen atoms in total. The molecule has 0 spiro atoms. The van der Waals surface area contributed by atoms with E-state index >= 15 is 0 Å². The summed E-state index contributed by atoms with van der Waals surface area (Å²) in [6.07, 6.45) is 0.407. The number of hydrogen-bond acceptors (Lipinski definition) is 5. The number of rotatable bonds is 7. The molecule has 0 bridgehead atoms. The fourth-order valence-corrected chi connectivity index (χ4v) is 3.12. The van der Waals surface area contributed by atoms with E-state index in [1.54, 1.807) is 24.3 Å². The van der Waals surface area contributed by atoms with Gasteiger partial charge in [-0.2, -0.15) is 5.10 Å². The second-order valence-electron chi connectivity index (χ2n) is 7.23. The van der Waals surface area contributed by atoms with Gasteiger partial charge in [0.1, 0.15) is 11.5 Å². The van der Waals surface area contributed by atoms with Gasteiger partial charge in [0.05, 0.1) is 18.8 Å². The van der Waals surface area contributed by atoms with Crippen LogP contribution in [0.4, 0.5) is 11.4 Å². The highest BCUT2D eigenvalue weighted by Crippen LogP contribution is 2.25. The quantitative estimate of drug-likeness (QED) is 0.716. The van der Waals surface area contributed by atoms with Crippen LogP contribution in [0.1, 0.15) is 30.9 Å². The van der Waals surface area contributed by atoms with Crippen molar-refractivity contribution in [2.45, 2.75) is 33.6 Å². The first kappa shape index (κ1) is 22.0. The van der Waals surface area contributed by atoms with Crippen LogP contribution in [0.3, 0.4) is 0 Å². The average molecular weight is 422 g/mol. The van der Waals surface area contributed by atoms with Crippen LogP contribution in [-0.2, 0) is 14.4 Å². The Hall–Kier alpha value is -3.68. The minimum atomic E-state index is -0.468. The normalized spacial score (nSPS) is 13.5. The molecule has 2 aromatic carbocycles. The molecule has 8 heteroatoms. The lowest BCUT2D eigenvalue weighted by Gasteiger charge is -2.24. The zero-order chi connectivity index (χ0) is 22.4. The lowest BCUT2D eigenvalue weighted by molar-refractivity contribution is -0.120. The van der Waals surface area contributed by atoms with Gasteiger partial charge in [-0.05, 0) is 62.2 Å². The summed E-state index contributed by atoms with van der Waals surface area (Å²) < 4.78 is 5.36. The Bertz CT molecular complexity index is 1010. The number of benzene rings is 2. The van der Waals surface area contributed by atoms with E-state index in [1.807, 2.05) is 39.0 Å². The predicted octanol–water partition coefficient (Wildman–Crippen LogP) is 2.94. The van der Waals surface area contributed by atoms with E-state index in [0.29, 0.717) is 23.7 Å². The van der Waals surface area contributed by atoms with Crippen molar-refractivity contribution in [2.24, 2.45) is 5.10 Å². The van der Waals surface area contributed by atoms with Gasteiger partial charge >= 0.3 is 0 Å². The zero-order valence-electron chi connectivity index (χ0n) is 17.9. The van der Waals surface area contributed by atoms with Gasteiger partial charge in [0.25, 0.3) is 5.91 Å². The number of nitrogens with zero attached hydrogens (tertiary/aromatic N) is 2. The number of carbonyl (C=O) groups excluding carboxylic acids is 3. The van der Waals surface area contributed by atoms with Crippen LogP contribution < -0.4 is 20.4 Å². The summed E-state index contributed by atoms with van der Waals surface area (Å²) in [5.74, 6) is -0.286. The maximum Gasteiger partial charge on any atom is 0.267 e. The number of amides is 3. The number of nitrogens with one attached hydrogen (secondary N) is 2. The molecule has 0 radical (unpaired) electrons. The van der Waals surface area contributed by atoms with E-state index in [1.165, 1.54) is 5.01 Å². The van der Waals surface area contributed by atoms with Gasteiger partial charge in [-0.15, -0.1) is 0 Å². The highest BCUT2D eigenvalue weighted by molar-refractivity contribution is 6.40. The summed E-state index contributed by atoms with van der Waals surface area (Å²) in [5, 5.41) is 10.8. The third-order valence-corrected chi connectivity index (χ3v) is 4.75. The lowest BCUT2D eigenvalue weighted by atomic mass is 10.1. The monoisotopic (exact) mass is 422 g/mol. The van der Waals surface area contributed by atoms with Gasteiger partial charge in [0.2, 0.25) is 11.8 Å². The number of anilines is 2. The topological polar surface area (TPSA) is 100 Å². The van der Waals surface area contributed by atoms with Crippen LogP contribution in [0.5, 0.6) is 5.75 Å². The van der Waals surface area contributed by atoms with Gasteiger partial charge in [-0.25, -0.2) is 5.01 Å². The van der Waals surface area contributed by atoms with Crippen LogP contribution >= 0.6 is 0 Å². The third kappa shape index (κ3) is 5.69. The zero-order valence-corrected chi connectivity index (χ0v) is 17.9. The van der Waals surface area contributed by atoms with E-state index in [-0.39, 0.29) is 36.9 Å². The Labute approximate surface area is 181 Å². The first-order valence-corrected chi connectivity index (χ1v) is 10.2. The molecule has 0 aromatic heterocycles. The van der Waals surface area contributed by atoms with Crippen LogP contribution in [0, 0.1) is 13.8 Å². The van der Waals surface area contributed by atoms with Gasteiger partial charge in [0, 0.05) is 18.5 Å². The van der Waals surface area contributed by atoms with Gasteiger partial charge in [-0.1, -0.05) is 12.1 Å². The number of ether oxygens (including phenoxy) is 1. The Balaban J connectivity index is 1.61. The first-order chi connectivity index (χ1) is 14.9. The fraction of sp³-hybridized carbons (Fsp3) is 0.304. The number of carbonyl (C=O) groups is 3. The third-order valence-electron chi connectivity index (χ3n) is 4.75. The molecular formula is C23H26N4O4. The van der Waals surface area contributed by atoms with Crippen molar-refractivity contribution in [3.8, 4) is 5.75 Å². The molecule has 0 saturated carbocycles. The molecule has 3 rings (SSSR count). The molecule has 2 aromatic rings. The highest BCUT2D eigenvalue weighted by atomic mass is 16.5. The lowest BCUT2D eigenvalue weighted by Crippen LogP contribution is -2.41. The molecule has 3 amide bonds. The summed E-state index contributed by atoms with van der Waals surface area (Å²) in [6, 6.07) is 12.7. The molecule has 162 valence electrons. The Morgan fingerprint density at radius 3 is 2.55 bits per heavy atom. The van der Waals surface area contributed by atoms with Crippen molar-refractivity contribution in [2.75, 3.05) is 23.5 Å². The first-order valence-electron chi connectivity index (χ1n) is 10.2. The number of aryl methyl sites for hydroxylation is 2. The molecule has 0 unspecified atom stereocenters. The van der Waals surface area contributed by atoms with Crippen LogP contribution in [0.2, 0.25) is 0 Å². The Morgan fingerprint density at radius 2 is 1.84 bits per heavy atom. The van der Waals surface area contributed by atoms with E-state index in [4.69, 9.17) is 4.74 Å². The van der Waals surface area contributed by atoms with E-state index in [2.05, 4.69) is 15.7 Å². The summed E-state index contributed by atoms with van der Waals surface area (Å²) in [4.78, 5) is 37.1. The van der Waals surface area contributed by atoms with E-state index < -0.39 is 5.91 Å². The molecule has 0 atom stereocenters. The second kappa shape index (κ2) is 9.88. The summed E-state index contributed by atoms with van der Waals surface area (Å²) in [5.41, 5.74) is 3.35. The van der Waals surface area contributed by atoms with Crippen molar-refractivity contribution in [3.63, 3.8) is 0 Å². The van der Waals surface area contributed by atoms with Crippen LogP contribution in [-0.4, -0.2) is 36.6 Å². The van der Waals surface area contributed by atoms with Crippen molar-refractivity contribution in [1.29, 1.82) is 0 Å². The largest absolute Gasteiger partial charge is 0.494 e. The molecule has 2 N–H and O–H groups in total. The van der Waals surface area contributed by atoms with Gasteiger partial charge in [0.15, 0.2) is 0 Å². The van der Waals surface area contributed by atoms with Gasteiger partial charge < -0.3 is 15.4 Å². The Kier molecular flexibility index (Phi) is 7.02. The molecule has 31 heavy (non-hydrogen) atoms. The molecule has 0 fully saturated rings. The van der Waals surface area contributed by atoms with Crippen molar-refractivity contribution in [1.82, 2.24) is 5.32 Å². The summed E-state index contributed by atoms with van der Waals surface area (Å²) in [6.45, 7) is 6.07. The van der Waals surface area contributed by atoms with Gasteiger partial charge in [-0.3, -0.25) is 14.4 Å². The molecule has 0 saturated heterocycles. The van der Waals surface area contributed by atoms with E-state index in [0.717, 1.165) is 11.1 Å². The summed E-state index contributed by atoms with van der Waals surface area (Å²) >= 11 is 0. The van der Waals surface area contributed by atoms with Crippen molar-refractivity contribution >= 4 is 34.8 Å². The standard InChI is InChI=1S/C23H26N4O4/c1-4-31-18-9-7-17(8-10-18)25-21(28)14-24-23(30)19-11-12-22(29)27(26-19)20-13-15(2)5-6-16(20)3/h5-10,13H,4,11-12,14H2,1-3H3,(H,24,30)(H,25,28). The molecule has 1 aliphatic rings. The fourth-order valence-electron chi connectivity index (χ4n) is 3.12. The highest BCUT2D eigenvalue weighted by Gasteiger charge is 2.26. The number of hydrogen-bond donors (Lipinski definition) is 2. The average Bonchev–Trinajstić information content (AvgIpc) is 2.76. The minimum Gasteiger partial charge on any atom is -0.494 e. The number of hydrazone groups is 1. The maximum absolute atomic E-state index is 12.5. The Morgan fingerprint density at radius 1 is 1.10 bits per heavy atom. The minimum absolute atomic E-state index is 0.168. The summed E-state index contributed by atoms with van der Waals surface area (Å²) in [7, 11) is 0. The molecule has 1 heterocycles. The van der Waals surface area contributed by atoms with E-state index in [9.17, 15) is 14.4 Å². The smallest absolute Gasteiger partial charge is 0.267 e. The van der Waals surface area contributed by atoms with Crippen molar-refractivity contribution < 1.29 is 19.1 Å². The maximum atomic E-state index is 12.5. The second-order valence-corrected chi connectivity index (χ2v) is 7.23. The predicted molar refractivity (Wildman–Crippen MR) is 119 cm³/mol. The SMILES string of the molecule is CCOc1ccc(NC(=O)CNC(=O)C2=NN(c3cc(C)ccc3C)C(=O)CC2)cc1. The molecule has 0 aliphatic carbocycles. The van der Waals surface area contributed by atoms with Crippen LogP contribution in [0.15, 0.2) is 47.6 Å².